The second-order valence-corrected chi connectivity index (χ2v) is 13.7. The lowest BCUT2D eigenvalue weighted by atomic mass is 9.71. The monoisotopic (exact) mass is 496 g/mol. The Morgan fingerprint density at radius 2 is 1.43 bits per heavy atom. The van der Waals surface area contributed by atoms with Gasteiger partial charge in [0.2, 0.25) is 11.8 Å². The number of hydrogen-bond donors (Lipinski definition) is 1. The van der Waals surface area contributed by atoms with Crippen LogP contribution in [0.25, 0.3) is 0 Å². The van der Waals surface area contributed by atoms with Crippen LogP contribution >= 0.6 is 0 Å². The van der Waals surface area contributed by atoms with Crippen molar-refractivity contribution < 1.29 is 14.3 Å². The first-order valence-corrected chi connectivity index (χ1v) is 14.1. The zero-order chi connectivity index (χ0) is 27.5. The Morgan fingerprint density at radius 3 is 1.94 bits per heavy atom. The van der Waals surface area contributed by atoms with E-state index >= 15 is 0 Å². The molecule has 1 rings (SSSR count). The summed E-state index contributed by atoms with van der Waals surface area (Å²) >= 11 is 0. The average Bonchev–Trinajstić information content (AvgIpc) is 3.20. The van der Waals surface area contributed by atoms with Gasteiger partial charge in [0.25, 0.3) is 0 Å². The van der Waals surface area contributed by atoms with Gasteiger partial charge in [-0.3, -0.25) is 9.59 Å². The SMILES string of the molecule is CC.CCCC(C)(C)CC(C)(C)CCC(=O)NCC(C)(C)CC(C)(C)CC(=O)N1CCC(OC)C1. The van der Waals surface area contributed by atoms with E-state index in [1.807, 2.05) is 18.7 Å². The Morgan fingerprint density at radius 1 is 0.886 bits per heavy atom. The third-order valence-electron chi connectivity index (χ3n) is 7.09. The molecule has 5 heteroatoms. The van der Waals surface area contributed by atoms with Gasteiger partial charge in [-0.25, -0.2) is 0 Å². The predicted molar refractivity (Wildman–Crippen MR) is 149 cm³/mol. The predicted octanol–water partition coefficient (Wildman–Crippen LogP) is 7.23. The fraction of sp³-hybridized carbons (Fsp3) is 0.933. The highest BCUT2D eigenvalue weighted by atomic mass is 16.5. The lowest BCUT2D eigenvalue weighted by Crippen LogP contribution is -2.39. The topological polar surface area (TPSA) is 58.6 Å². The normalized spacial score (nSPS) is 17.1. The Hall–Kier alpha value is -1.10. The Labute approximate surface area is 218 Å². The first kappa shape index (κ1) is 33.9. The fourth-order valence-electron chi connectivity index (χ4n) is 6.12. The van der Waals surface area contributed by atoms with Gasteiger partial charge in [0.05, 0.1) is 6.10 Å². The number of hydrogen-bond acceptors (Lipinski definition) is 3. The summed E-state index contributed by atoms with van der Waals surface area (Å²) in [5.41, 5.74) is 0.284. The van der Waals surface area contributed by atoms with Crippen molar-refractivity contribution in [2.75, 3.05) is 26.7 Å². The number of carbonyl (C=O) groups excluding carboxylic acids is 2. The molecule has 1 aliphatic heterocycles. The van der Waals surface area contributed by atoms with Crippen molar-refractivity contribution in [3.8, 4) is 0 Å². The van der Waals surface area contributed by atoms with Crippen molar-refractivity contribution in [2.45, 2.75) is 134 Å². The minimum atomic E-state index is -0.122. The van der Waals surface area contributed by atoms with Crippen molar-refractivity contribution in [1.29, 1.82) is 0 Å². The van der Waals surface area contributed by atoms with E-state index in [0.29, 0.717) is 31.3 Å². The van der Waals surface area contributed by atoms with Crippen LogP contribution < -0.4 is 5.32 Å². The summed E-state index contributed by atoms with van der Waals surface area (Å²) < 4.78 is 5.40. The summed E-state index contributed by atoms with van der Waals surface area (Å²) in [5, 5.41) is 3.18. The van der Waals surface area contributed by atoms with E-state index in [0.717, 1.165) is 32.2 Å². The van der Waals surface area contributed by atoms with E-state index < -0.39 is 0 Å². The van der Waals surface area contributed by atoms with Gasteiger partial charge in [-0.1, -0.05) is 82.6 Å². The van der Waals surface area contributed by atoms with Crippen LogP contribution in [0.2, 0.25) is 0 Å². The third kappa shape index (κ3) is 14.3. The lowest BCUT2D eigenvalue weighted by molar-refractivity contribution is -0.133. The number of ether oxygens (including phenoxy) is 1. The molecule has 0 spiro atoms. The molecule has 0 aromatic heterocycles. The summed E-state index contributed by atoms with van der Waals surface area (Å²) in [5.74, 6) is 0.355. The Bertz CT molecular complexity index is 638. The number of methoxy groups -OCH3 is 1. The molecule has 1 atom stereocenters. The van der Waals surface area contributed by atoms with E-state index in [1.165, 1.54) is 12.8 Å². The van der Waals surface area contributed by atoms with Gasteiger partial charge < -0.3 is 15.0 Å². The minimum Gasteiger partial charge on any atom is -0.380 e. The molecule has 35 heavy (non-hydrogen) atoms. The highest BCUT2D eigenvalue weighted by Crippen LogP contribution is 2.40. The summed E-state index contributed by atoms with van der Waals surface area (Å²) in [6.45, 7) is 26.3. The van der Waals surface area contributed by atoms with Gasteiger partial charge in [-0.05, 0) is 53.8 Å². The van der Waals surface area contributed by atoms with Crippen LogP contribution in [0.1, 0.15) is 128 Å². The maximum Gasteiger partial charge on any atom is 0.223 e. The van der Waals surface area contributed by atoms with E-state index in [1.54, 1.807) is 7.11 Å². The first-order valence-electron chi connectivity index (χ1n) is 14.1. The molecule has 1 N–H and O–H groups in total. The molecular weight excluding hydrogens is 436 g/mol. The zero-order valence-corrected chi connectivity index (χ0v) is 25.5. The van der Waals surface area contributed by atoms with Crippen LogP contribution in [0, 0.1) is 21.7 Å². The molecule has 0 bridgehead atoms. The smallest absolute Gasteiger partial charge is 0.223 e. The van der Waals surface area contributed by atoms with Gasteiger partial charge in [-0.15, -0.1) is 0 Å². The number of carbonyl (C=O) groups is 2. The number of likely N-dealkylation sites (tertiary alicyclic amines) is 1. The largest absolute Gasteiger partial charge is 0.380 e. The van der Waals surface area contributed by atoms with E-state index in [-0.39, 0.29) is 34.2 Å². The minimum absolute atomic E-state index is 0.0713. The molecule has 0 saturated carbocycles. The van der Waals surface area contributed by atoms with Crippen molar-refractivity contribution in [3.63, 3.8) is 0 Å². The van der Waals surface area contributed by atoms with Gasteiger partial charge in [0.15, 0.2) is 0 Å². The fourth-order valence-corrected chi connectivity index (χ4v) is 6.12. The number of nitrogens with zero attached hydrogens (tertiary/aromatic N) is 1. The quantitative estimate of drug-likeness (QED) is 0.276. The summed E-state index contributed by atoms with van der Waals surface area (Å²) in [6, 6.07) is 0. The highest BCUT2D eigenvalue weighted by Gasteiger charge is 2.34. The molecule has 5 nitrogen and oxygen atoms in total. The van der Waals surface area contributed by atoms with E-state index in [9.17, 15) is 9.59 Å². The van der Waals surface area contributed by atoms with Gasteiger partial charge in [0.1, 0.15) is 0 Å². The zero-order valence-electron chi connectivity index (χ0n) is 25.5. The molecule has 1 unspecified atom stereocenters. The van der Waals surface area contributed by atoms with Crippen LogP contribution in [-0.4, -0.2) is 49.6 Å². The number of nitrogens with one attached hydrogen (secondary N) is 1. The lowest BCUT2D eigenvalue weighted by Gasteiger charge is -2.36. The molecule has 0 radical (unpaired) electrons. The summed E-state index contributed by atoms with van der Waals surface area (Å²) in [6.07, 6.45) is 7.54. The van der Waals surface area contributed by atoms with E-state index in [2.05, 4.69) is 67.6 Å². The number of amides is 2. The molecule has 1 heterocycles. The van der Waals surface area contributed by atoms with Gasteiger partial charge in [-0.2, -0.15) is 0 Å². The van der Waals surface area contributed by atoms with Crippen LogP contribution in [0.3, 0.4) is 0 Å². The van der Waals surface area contributed by atoms with Crippen molar-refractivity contribution >= 4 is 11.8 Å². The third-order valence-corrected chi connectivity index (χ3v) is 7.09. The summed E-state index contributed by atoms with van der Waals surface area (Å²) in [4.78, 5) is 27.4. The molecule has 1 fully saturated rings. The maximum atomic E-state index is 12.8. The van der Waals surface area contributed by atoms with Crippen molar-refractivity contribution in [1.82, 2.24) is 10.2 Å². The summed E-state index contributed by atoms with van der Waals surface area (Å²) in [7, 11) is 1.72. The number of rotatable bonds is 14. The molecule has 1 saturated heterocycles. The molecule has 208 valence electrons. The molecular formula is C30H60N2O3. The average molecular weight is 497 g/mol. The molecule has 0 aliphatic carbocycles. The first-order chi connectivity index (χ1) is 16.0. The van der Waals surface area contributed by atoms with Crippen LogP contribution in [0.4, 0.5) is 0 Å². The van der Waals surface area contributed by atoms with Crippen molar-refractivity contribution in [2.24, 2.45) is 21.7 Å². The molecule has 0 aromatic rings. The van der Waals surface area contributed by atoms with E-state index in [4.69, 9.17) is 4.74 Å². The highest BCUT2D eigenvalue weighted by molar-refractivity contribution is 5.77. The molecule has 2 amide bonds. The van der Waals surface area contributed by atoms with Crippen LogP contribution in [0.5, 0.6) is 0 Å². The van der Waals surface area contributed by atoms with Crippen LogP contribution in [-0.2, 0) is 14.3 Å². The second kappa shape index (κ2) is 14.6. The van der Waals surface area contributed by atoms with Gasteiger partial charge >= 0.3 is 0 Å². The maximum absolute atomic E-state index is 12.8. The second-order valence-electron chi connectivity index (χ2n) is 13.7. The Balaban J connectivity index is 0.00000562. The standard InChI is InChI=1S/C28H54N2O3.C2H6/c1-11-14-25(2,3)19-26(4,5)15-12-23(31)29-21-28(8,9)20-27(6,7)17-24(32)30-16-13-22(18-30)33-10;1-2/h22H,11-21H2,1-10H3,(H,29,31);1-2H3. The van der Waals surface area contributed by atoms with Crippen molar-refractivity contribution in [3.05, 3.63) is 0 Å². The molecule has 0 aromatic carbocycles. The molecule has 1 aliphatic rings. The van der Waals surface area contributed by atoms with Crippen LogP contribution in [0.15, 0.2) is 0 Å². The Kier molecular flexibility index (Phi) is 14.1. The van der Waals surface area contributed by atoms with Gasteiger partial charge in [0, 0.05) is 39.6 Å².